The highest BCUT2D eigenvalue weighted by Gasteiger charge is 2.15. The lowest BCUT2D eigenvalue weighted by molar-refractivity contribution is 0.321. The standard InChI is InChI=1S/C25H21ClN4O3/c1-2-32-22-15-18(16-27-29-19-9-5-3-6-10-19)13-14-21(22)33-23-17-28-30(25(31)24(23)26)20-11-7-4-8-12-20/h3-17,29H,2H2,1H3. The molecule has 166 valence electrons. The first-order chi connectivity index (χ1) is 16.2. The number of aromatic nitrogens is 2. The van der Waals surface area contributed by atoms with E-state index in [1.807, 2.05) is 61.5 Å². The normalized spacial score (nSPS) is 10.8. The van der Waals surface area contributed by atoms with Crippen LogP contribution in [0.3, 0.4) is 0 Å². The fourth-order valence-electron chi connectivity index (χ4n) is 3.01. The Morgan fingerprint density at radius 2 is 1.73 bits per heavy atom. The quantitative estimate of drug-likeness (QED) is 0.276. The van der Waals surface area contributed by atoms with Crippen molar-refractivity contribution >= 4 is 23.5 Å². The Hall–Kier alpha value is -4.10. The molecular formula is C25H21ClN4O3. The predicted molar refractivity (Wildman–Crippen MR) is 130 cm³/mol. The molecule has 4 rings (SSSR count). The highest BCUT2D eigenvalue weighted by molar-refractivity contribution is 6.31. The molecule has 0 atom stereocenters. The Labute approximate surface area is 195 Å². The summed E-state index contributed by atoms with van der Waals surface area (Å²) >= 11 is 6.32. The molecule has 33 heavy (non-hydrogen) atoms. The van der Waals surface area contributed by atoms with Crippen molar-refractivity contribution in [2.45, 2.75) is 6.92 Å². The molecule has 0 aliphatic heterocycles. The number of nitrogens with zero attached hydrogens (tertiary/aromatic N) is 3. The number of ether oxygens (including phenoxy) is 2. The van der Waals surface area contributed by atoms with Crippen molar-refractivity contribution < 1.29 is 9.47 Å². The van der Waals surface area contributed by atoms with Gasteiger partial charge in [-0.05, 0) is 55.0 Å². The Morgan fingerprint density at radius 1 is 1.00 bits per heavy atom. The molecule has 0 bridgehead atoms. The maximum Gasteiger partial charge on any atom is 0.294 e. The van der Waals surface area contributed by atoms with Crippen LogP contribution in [0.4, 0.5) is 5.69 Å². The summed E-state index contributed by atoms with van der Waals surface area (Å²) in [5, 5.41) is 8.36. The molecule has 0 fully saturated rings. The summed E-state index contributed by atoms with van der Waals surface area (Å²) < 4.78 is 12.8. The zero-order chi connectivity index (χ0) is 23.0. The van der Waals surface area contributed by atoms with Crippen molar-refractivity contribution in [1.29, 1.82) is 0 Å². The molecule has 0 amide bonds. The molecule has 7 nitrogen and oxygen atoms in total. The first-order valence-corrected chi connectivity index (χ1v) is 10.7. The van der Waals surface area contributed by atoms with Crippen LogP contribution in [-0.4, -0.2) is 22.6 Å². The minimum absolute atomic E-state index is 0.0750. The number of hydrazone groups is 1. The van der Waals surface area contributed by atoms with Gasteiger partial charge in [0.05, 0.1) is 30.4 Å². The van der Waals surface area contributed by atoms with E-state index in [0.717, 1.165) is 11.3 Å². The topological polar surface area (TPSA) is 77.7 Å². The van der Waals surface area contributed by atoms with Crippen LogP contribution in [0, 0.1) is 0 Å². The molecule has 0 unspecified atom stereocenters. The molecule has 3 aromatic carbocycles. The third kappa shape index (κ3) is 5.39. The second-order valence-electron chi connectivity index (χ2n) is 6.85. The van der Waals surface area contributed by atoms with Crippen molar-refractivity contribution in [2.24, 2.45) is 5.10 Å². The van der Waals surface area contributed by atoms with E-state index in [2.05, 4.69) is 15.6 Å². The molecule has 0 aliphatic rings. The van der Waals surface area contributed by atoms with Crippen LogP contribution in [-0.2, 0) is 0 Å². The van der Waals surface area contributed by atoms with Gasteiger partial charge in [0.15, 0.2) is 22.3 Å². The second kappa shape index (κ2) is 10.5. The van der Waals surface area contributed by atoms with E-state index in [4.69, 9.17) is 21.1 Å². The van der Waals surface area contributed by atoms with E-state index in [0.29, 0.717) is 23.8 Å². The van der Waals surface area contributed by atoms with Gasteiger partial charge in [-0.1, -0.05) is 48.0 Å². The summed E-state index contributed by atoms with van der Waals surface area (Å²) in [5.74, 6) is 1.04. The summed E-state index contributed by atoms with van der Waals surface area (Å²) in [6.07, 6.45) is 3.08. The molecule has 0 saturated heterocycles. The first kappa shape index (κ1) is 22.1. The van der Waals surface area contributed by atoms with Crippen molar-refractivity contribution in [3.63, 3.8) is 0 Å². The van der Waals surface area contributed by atoms with Crippen LogP contribution < -0.4 is 20.5 Å². The Balaban J connectivity index is 1.56. The van der Waals surface area contributed by atoms with Gasteiger partial charge in [0.2, 0.25) is 0 Å². The van der Waals surface area contributed by atoms with Gasteiger partial charge in [0.25, 0.3) is 5.56 Å². The average molecular weight is 461 g/mol. The number of para-hydroxylation sites is 2. The van der Waals surface area contributed by atoms with Crippen LogP contribution in [0.1, 0.15) is 12.5 Å². The monoisotopic (exact) mass is 460 g/mol. The number of halogens is 1. The molecule has 1 heterocycles. The summed E-state index contributed by atoms with van der Waals surface area (Å²) in [4.78, 5) is 12.7. The minimum atomic E-state index is -0.478. The van der Waals surface area contributed by atoms with Gasteiger partial charge in [-0.25, -0.2) is 0 Å². The smallest absolute Gasteiger partial charge is 0.294 e. The van der Waals surface area contributed by atoms with Crippen LogP contribution in [0.2, 0.25) is 5.02 Å². The van der Waals surface area contributed by atoms with E-state index in [9.17, 15) is 4.79 Å². The van der Waals surface area contributed by atoms with E-state index in [1.165, 1.54) is 10.9 Å². The lowest BCUT2D eigenvalue weighted by Gasteiger charge is -2.13. The van der Waals surface area contributed by atoms with Crippen molar-refractivity contribution in [2.75, 3.05) is 12.0 Å². The number of nitrogens with one attached hydrogen (secondary N) is 1. The largest absolute Gasteiger partial charge is 0.490 e. The van der Waals surface area contributed by atoms with Crippen molar-refractivity contribution in [3.8, 4) is 22.9 Å². The summed E-state index contributed by atoms with van der Waals surface area (Å²) in [5.41, 5.74) is 4.78. The average Bonchev–Trinajstić information content (AvgIpc) is 2.85. The van der Waals surface area contributed by atoms with Gasteiger partial charge in [-0.3, -0.25) is 10.2 Å². The lowest BCUT2D eigenvalue weighted by Crippen LogP contribution is -2.21. The molecule has 0 spiro atoms. The molecule has 0 aliphatic carbocycles. The summed E-state index contributed by atoms with van der Waals surface area (Å²) in [6.45, 7) is 2.30. The van der Waals surface area contributed by atoms with Gasteiger partial charge in [-0.15, -0.1) is 0 Å². The molecule has 0 saturated carbocycles. The van der Waals surface area contributed by atoms with Gasteiger partial charge in [0.1, 0.15) is 0 Å². The fraction of sp³-hybridized carbons (Fsp3) is 0.0800. The van der Waals surface area contributed by atoms with Gasteiger partial charge >= 0.3 is 0 Å². The molecule has 0 radical (unpaired) electrons. The Bertz CT molecular complexity index is 1310. The molecule has 1 N–H and O–H groups in total. The summed E-state index contributed by atoms with van der Waals surface area (Å²) in [7, 11) is 0. The van der Waals surface area contributed by atoms with Crippen LogP contribution >= 0.6 is 11.6 Å². The maximum absolute atomic E-state index is 12.7. The second-order valence-corrected chi connectivity index (χ2v) is 7.23. The molecule has 1 aromatic heterocycles. The fourth-order valence-corrected chi connectivity index (χ4v) is 3.18. The Kier molecular flexibility index (Phi) is 7.02. The SMILES string of the molecule is CCOc1cc(C=NNc2ccccc2)ccc1Oc1cnn(-c2ccccc2)c(=O)c1Cl. The van der Waals surface area contributed by atoms with E-state index in [1.54, 1.807) is 30.5 Å². The third-order valence-corrected chi connectivity index (χ3v) is 4.90. The third-order valence-electron chi connectivity index (χ3n) is 4.56. The molecule has 4 aromatic rings. The van der Waals surface area contributed by atoms with E-state index in [-0.39, 0.29) is 10.8 Å². The van der Waals surface area contributed by atoms with Crippen LogP contribution in [0.25, 0.3) is 5.69 Å². The first-order valence-electron chi connectivity index (χ1n) is 10.3. The number of rotatable bonds is 8. The van der Waals surface area contributed by atoms with Crippen molar-refractivity contribution in [1.82, 2.24) is 9.78 Å². The lowest BCUT2D eigenvalue weighted by atomic mass is 10.2. The Morgan fingerprint density at radius 3 is 2.45 bits per heavy atom. The number of hydrogen-bond acceptors (Lipinski definition) is 6. The maximum atomic E-state index is 12.7. The van der Waals surface area contributed by atoms with Crippen LogP contribution in [0.5, 0.6) is 17.2 Å². The van der Waals surface area contributed by atoms with E-state index < -0.39 is 5.56 Å². The number of anilines is 1. The van der Waals surface area contributed by atoms with E-state index >= 15 is 0 Å². The number of benzene rings is 3. The van der Waals surface area contributed by atoms with Gasteiger partial charge < -0.3 is 9.47 Å². The minimum Gasteiger partial charge on any atom is -0.490 e. The van der Waals surface area contributed by atoms with Gasteiger partial charge in [-0.2, -0.15) is 14.9 Å². The van der Waals surface area contributed by atoms with Crippen LogP contribution in [0.15, 0.2) is 95.0 Å². The molecule has 8 heteroatoms. The summed E-state index contributed by atoms with van der Waals surface area (Å²) in [6, 6.07) is 24.0. The zero-order valence-electron chi connectivity index (χ0n) is 17.8. The number of hydrogen-bond donors (Lipinski definition) is 1. The predicted octanol–water partition coefficient (Wildman–Crippen LogP) is 5.52. The zero-order valence-corrected chi connectivity index (χ0v) is 18.6. The highest BCUT2D eigenvalue weighted by Crippen LogP contribution is 2.34. The van der Waals surface area contributed by atoms with Gasteiger partial charge in [0, 0.05) is 0 Å². The highest BCUT2D eigenvalue weighted by atomic mass is 35.5. The molecular weight excluding hydrogens is 440 g/mol. The van der Waals surface area contributed by atoms with Crippen molar-refractivity contribution in [3.05, 3.63) is 106 Å².